The Kier molecular flexibility index (Phi) is 7.69. The first-order valence-corrected chi connectivity index (χ1v) is 5.18. The van der Waals surface area contributed by atoms with E-state index >= 15 is 0 Å². The number of hydrogen-bond donors (Lipinski definition) is 2. The molecule has 0 aliphatic rings. The number of unbranched alkanes of at least 4 members (excludes halogenated alkanes) is 3. The van der Waals surface area contributed by atoms with Crippen molar-refractivity contribution in [3.8, 4) is 0 Å². The summed E-state index contributed by atoms with van der Waals surface area (Å²) in [6, 6.07) is 0. The highest BCUT2D eigenvalue weighted by molar-refractivity contribution is 5.76. The predicted molar refractivity (Wildman–Crippen MR) is 55.4 cm³/mol. The summed E-state index contributed by atoms with van der Waals surface area (Å²) in [5.74, 6) is -0.271. The smallest absolute Gasteiger partial charge is 0.221 e. The Morgan fingerprint density at radius 2 is 2.08 bits per heavy atom. The van der Waals surface area contributed by atoms with Gasteiger partial charge in [-0.05, 0) is 13.0 Å². The Bertz CT molecular complexity index is 137. The molecule has 0 saturated heterocycles. The number of rotatable bonds is 8. The van der Waals surface area contributed by atoms with Crippen LogP contribution in [0.2, 0.25) is 0 Å². The second-order valence-electron chi connectivity index (χ2n) is 3.57. The molecule has 13 heavy (non-hydrogen) atoms. The molecular weight excluding hydrogens is 164 g/mol. The molecule has 1 amide bonds. The fourth-order valence-corrected chi connectivity index (χ4v) is 1.10. The molecule has 1 unspecified atom stereocenters. The van der Waals surface area contributed by atoms with Crippen molar-refractivity contribution in [3.05, 3.63) is 0 Å². The zero-order valence-corrected chi connectivity index (χ0v) is 8.81. The molecular formula is C10H22N2O. The van der Waals surface area contributed by atoms with Crippen molar-refractivity contribution < 1.29 is 4.79 Å². The lowest BCUT2D eigenvalue weighted by Crippen LogP contribution is -2.31. The van der Waals surface area contributed by atoms with Crippen molar-refractivity contribution in [2.75, 3.05) is 13.1 Å². The molecule has 0 aliphatic heterocycles. The quantitative estimate of drug-likeness (QED) is 0.561. The van der Waals surface area contributed by atoms with E-state index in [9.17, 15) is 4.79 Å². The van der Waals surface area contributed by atoms with Crippen LogP contribution in [0.4, 0.5) is 0 Å². The molecule has 3 nitrogen and oxygen atoms in total. The molecule has 0 radical (unpaired) electrons. The number of amides is 1. The maximum atomic E-state index is 10.6. The zero-order chi connectivity index (χ0) is 10.1. The summed E-state index contributed by atoms with van der Waals surface area (Å²) in [4.78, 5) is 10.6. The van der Waals surface area contributed by atoms with Crippen LogP contribution in [0.1, 0.15) is 39.5 Å². The van der Waals surface area contributed by atoms with Crippen LogP contribution in [-0.2, 0) is 4.79 Å². The molecule has 0 aromatic carbocycles. The average Bonchev–Trinajstić information content (AvgIpc) is 2.10. The van der Waals surface area contributed by atoms with E-state index < -0.39 is 0 Å². The summed E-state index contributed by atoms with van der Waals surface area (Å²) in [6.45, 7) is 5.75. The van der Waals surface area contributed by atoms with Crippen molar-refractivity contribution in [2.45, 2.75) is 39.5 Å². The Labute approximate surface area is 81.1 Å². The van der Waals surface area contributed by atoms with Gasteiger partial charge in [-0.15, -0.1) is 0 Å². The van der Waals surface area contributed by atoms with Gasteiger partial charge in [-0.3, -0.25) is 4.79 Å². The summed E-state index contributed by atoms with van der Waals surface area (Å²) in [5.41, 5.74) is 5.12. The lowest BCUT2D eigenvalue weighted by molar-refractivity contribution is -0.121. The number of nitrogens with two attached hydrogens (primary N) is 1. The first-order chi connectivity index (χ1) is 6.18. The van der Waals surface area contributed by atoms with Gasteiger partial charge in [-0.2, -0.15) is 0 Å². The lowest BCUT2D eigenvalue weighted by Gasteiger charge is -2.08. The third-order valence-corrected chi connectivity index (χ3v) is 2.14. The molecule has 3 N–H and O–H groups in total. The van der Waals surface area contributed by atoms with Gasteiger partial charge in [-0.25, -0.2) is 0 Å². The molecule has 0 spiro atoms. The molecule has 78 valence electrons. The number of nitrogens with one attached hydrogen (secondary N) is 1. The van der Waals surface area contributed by atoms with Crippen molar-refractivity contribution in [2.24, 2.45) is 11.7 Å². The van der Waals surface area contributed by atoms with Crippen LogP contribution in [0, 0.1) is 5.92 Å². The second-order valence-corrected chi connectivity index (χ2v) is 3.57. The molecule has 1 atom stereocenters. The summed E-state index contributed by atoms with van der Waals surface area (Å²) in [6.07, 6.45) is 5.03. The van der Waals surface area contributed by atoms with Crippen LogP contribution in [-0.4, -0.2) is 19.0 Å². The lowest BCUT2D eigenvalue weighted by atomic mass is 10.1. The van der Waals surface area contributed by atoms with E-state index in [-0.39, 0.29) is 11.8 Å². The SMILES string of the molecule is CCCCCCNCC(C)C(N)=O. The van der Waals surface area contributed by atoms with Gasteiger partial charge in [0.2, 0.25) is 5.91 Å². The summed E-state index contributed by atoms with van der Waals surface area (Å²) in [5, 5.41) is 3.22. The summed E-state index contributed by atoms with van der Waals surface area (Å²) in [7, 11) is 0. The Balaban J connectivity index is 3.11. The number of primary amides is 1. The Morgan fingerprint density at radius 3 is 2.62 bits per heavy atom. The number of hydrogen-bond acceptors (Lipinski definition) is 2. The van der Waals surface area contributed by atoms with E-state index in [2.05, 4.69) is 12.2 Å². The highest BCUT2D eigenvalue weighted by atomic mass is 16.1. The van der Waals surface area contributed by atoms with Crippen LogP contribution in [0.15, 0.2) is 0 Å². The topological polar surface area (TPSA) is 55.1 Å². The average molecular weight is 186 g/mol. The molecule has 0 aromatic rings. The van der Waals surface area contributed by atoms with E-state index in [1.165, 1.54) is 25.7 Å². The van der Waals surface area contributed by atoms with Crippen molar-refractivity contribution in [1.29, 1.82) is 0 Å². The molecule has 0 aromatic heterocycles. The van der Waals surface area contributed by atoms with Crippen LogP contribution in [0.5, 0.6) is 0 Å². The minimum Gasteiger partial charge on any atom is -0.369 e. The van der Waals surface area contributed by atoms with Crippen LogP contribution in [0.25, 0.3) is 0 Å². The van der Waals surface area contributed by atoms with Crippen LogP contribution >= 0.6 is 0 Å². The van der Waals surface area contributed by atoms with E-state index in [4.69, 9.17) is 5.73 Å². The number of carbonyl (C=O) groups excluding carboxylic acids is 1. The molecule has 0 heterocycles. The largest absolute Gasteiger partial charge is 0.369 e. The van der Waals surface area contributed by atoms with E-state index in [0.29, 0.717) is 6.54 Å². The van der Waals surface area contributed by atoms with Crippen molar-refractivity contribution in [1.82, 2.24) is 5.32 Å². The molecule has 3 heteroatoms. The van der Waals surface area contributed by atoms with E-state index in [1.54, 1.807) is 0 Å². The van der Waals surface area contributed by atoms with Gasteiger partial charge < -0.3 is 11.1 Å². The maximum absolute atomic E-state index is 10.6. The highest BCUT2D eigenvalue weighted by Crippen LogP contribution is 1.97. The van der Waals surface area contributed by atoms with Gasteiger partial charge in [0.15, 0.2) is 0 Å². The molecule has 0 fully saturated rings. The van der Waals surface area contributed by atoms with Gasteiger partial charge in [0.05, 0.1) is 0 Å². The van der Waals surface area contributed by atoms with E-state index in [1.807, 2.05) is 6.92 Å². The third kappa shape index (κ3) is 7.78. The molecule has 0 rings (SSSR count). The molecule has 0 bridgehead atoms. The maximum Gasteiger partial charge on any atom is 0.221 e. The van der Waals surface area contributed by atoms with E-state index in [0.717, 1.165) is 6.54 Å². The summed E-state index contributed by atoms with van der Waals surface area (Å²) < 4.78 is 0. The Hall–Kier alpha value is -0.570. The predicted octanol–water partition coefficient (Wildman–Crippen LogP) is 1.28. The minimum absolute atomic E-state index is 0.0498. The number of carbonyl (C=O) groups is 1. The van der Waals surface area contributed by atoms with Gasteiger partial charge in [0, 0.05) is 12.5 Å². The van der Waals surface area contributed by atoms with Crippen molar-refractivity contribution in [3.63, 3.8) is 0 Å². The van der Waals surface area contributed by atoms with Crippen LogP contribution < -0.4 is 11.1 Å². The van der Waals surface area contributed by atoms with Crippen LogP contribution in [0.3, 0.4) is 0 Å². The van der Waals surface area contributed by atoms with Crippen molar-refractivity contribution >= 4 is 5.91 Å². The summed E-state index contributed by atoms with van der Waals surface area (Å²) >= 11 is 0. The van der Waals surface area contributed by atoms with Gasteiger partial charge in [0.25, 0.3) is 0 Å². The first-order valence-electron chi connectivity index (χ1n) is 5.18. The van der Waals surface area contributed by atoms with Gasteiger partial charge in [-0.1, -0.05) is 33.1 Å². The third-order valence-electron chi connectivity index (χ3n) is 2.14. The second kappa shape index (κ2) is 8.05. The van der Waals surface area contributed by atoms with Gasteiger partial charge >= 0.3 is 0 Å². The monoisotopic (exact) mass is 186 g/mol. The standard InChI is InChI=1S/C10H22N2O/c1-3-4-5-6-7-12-8-9(2)10(11)13/h9,12H,3-8H2,1-2H3,(H2,11,13). The fourth-order valence-electron chi connectivity index (χ4n) is 1.10. The Morgan fingerprint density at radius 1 is 1.38 bits per heavy atom. The highest BCUT2D eigenvalue weighted by Gasteiger charge is 2.06. The van der Waals surface area contributed by atoms with Gasteiger partial charge in [0.1, 0.15) is 0 Å². The molecule has 0 aliphatic carbocycles. The first kappa shape index (κ1) is 12.4. The minimum atomic E-state index is -0.221. The zero-order valence-electron chi connectivity index (χ0n) is 8.81. The molecule has 0 saturated carbocycles. The fraction of sp³-hybridized carbons (Fsp3) is 0.900. The normalized spacial score (nSPS) is 12.8.